The van der Waals surface area contributed by atoms with Gasteiger partial charge >= 0.3 is 23.9 Å². The summed E-state index contributed by atoms with van der Waals surface area (Å²) in [5.41, 5.74) is 5.29. The molecule has 0 saturated carbocycles. The van der Waals surface area contributed by atoms with E-state index in [0.717, 1.165) is 0 Å². The maximum Gasteiger partial charge on any atom is 0.326 e. The molecule has 24 heavy (non-hydrogen) atoms. The number of carboxylic acid groups (broad SMARTS) is 3. The predicted molar refractivity (Wildman–Crippen MR) is 85.6 cm³/mol. The fourth-order valence-corrected chi connectivity index (χ4v) is 1.63. The smallest absolute Gasteiger partial charge is 0.326 e. The van der Waals surface area contributed by atoms with Gasteiger partial charge in [0.05, 0.1) is 0 Å². The monoisotopic (exact) mass is 349 g/mol. The van der Waals surface area contributed by atoms with E-state index in [1.807, 2.05) is 19.2 Å². The van der Waals surface area contributed by atoms with Crippen LogP contribution in [0.2, 0.25) is 0 Å². The van der Waals surface area contributed by atoms with Gasteiger partial charge in [-0.3, -0.25) is 4.79 Å². The molecule has 2 amide bonds. The van der Waals surface area contributed by atoms with Crippen LogP contribution in [0.25, 0.3) is 0 Å². The molecule has 0 heterocycles. The Bertz CT molecular complexity index is 415. The fourth-order valence-electron chi connectivity index (χ4n) is 1.63. The first-order valence-corrected chi connectivity index (χ1v) is 7.72. The third-order valence-corrected chi connectivity index (χ3v) is 2.80. The number of hydrogen-bond donors (Lipinski definition) is 6. The third kappa shape index (κ3) is 12.2. The molecule has 2 atom stereocenters. The van der Waals surface area contributed by atoms with Gasteiger partial charge in [0.15, 0.2) is 0 Å². The van der Waals surface area contributed by atoms with E-state index < -0.39 is 42.4 Å². The number of nitrogens with two attached hydrogens (primary N) is 1. The highest BCUT2D eigenvalue weighted by molar-refractivity contribution is 5.86. The minimum Gasteiger partial charge on any atom is -0.481 e. The molecule has 10 heteroatoms. The van der Waals surface area contributed by atoms with Crippen molar-refractivity contribution in [3.05, 3.63) is 0 Å². The number of unbranched alkanes of at least 4 members (excludes halogenated alkanes) is 1. The summed E-state index contributed by atoms with van der Waals surface area (Å²) in [6.45, 7) is 4.40. The van der Waals surface area contributed by atoms with Crippen LogP contribution in [0.5, 0.6) is 0 Å². The van der Waals surface area contributed by atoms with Crippen LogP contribution in [0.3, 0.4) is 0 Å². The number of carboxylic acids is 3. The van der Waals surface area contributed by atoms with Gasteiger partial charge in [-0.1, -0.05) is 13.8 Å². The number of rotatable bonds is 11. The summed E-state index contributed by atoms with van der Waals surface area (Å²) in [4.78, 5) is 44.0. The summed E-state index contributed by atoms with van der Waals surface area (Å²) in [5, 5.41) is 30.6. The average Bonchev–Trinajstić information content (AvgIpc) is 2.51. The van der Waals surface area contributed by atoms with Gasteiger partial charge in [0.1, 0.15) is 12.1 Å². The highest BCUT2D eigenvalue weighted by Crippen LogP contribution is 2.02. The largest absolute Gasteiger partial charge is 0.481 e. The van der Waals surface area contributed by atoms with Crippen LogP contribution in [0.15, 0.2) is 0 Å². The maximum atomic E-state index is 11.6. The molecule has 0 aromatic carbocycles. The van der Waals surface area contributed by atoms with Crippen molar-refractivity contribution in [1.29, 1.82) is 0 Å². The first kappa shape index (κ1) is 23.9. The Labute approximate surface area is 140 Å². The Morgan fingerprint density at radius 3 is 1.71 bits per heavy atom. The highest BCUT2D eigenvalue weighted by Gasteiger charge is 2.24. The molecular formula is C14H27N3O7. The lowest BCUT2D eigenvalue weighted by molar-refractivity contribution is -0.140. The molecule has 0 bridgehead atoms. The number of hydrogen-bond acceptors (Lipinski definition) is 5. The van der Waals surface area contributed by atoms with E-state index in [-0.39, 0.29) is 12.8 Å². The number of aliphatic carboxylic acids is 3. The molecule has 7 N–H and O–H groups in total. The van der Waals surface area contributed by atoms with Crippen LogP contribution >= 0.6 is 0 Å². The van der Waals surface area contributed by atoms with Crippen LogP contribution in [0.4, 0.5) is 4.79 Å². The van der Waals surface area contributed by atoms with Gasteiger partial charge in [0, 0.05) is 6.42 Å². The summed E-state index contributed by atoms with van der Waals surface area (Å²) in [6, 6.07) is -3.55. The first-order chi connectivity index (χ1) is 11.3. The minimum absolute atomic E-state index is 0.160. The molecule has 0 aliphatic carbocycles. The average molecular weight is 349 g/mol. The highest BCUT2D eigenvalue weighted by atomic mass is 16.4. The second-order valence-corrected chi connectivity index (χ2v) is 4.62. The van der Waals surface area contributed by atoms with Gasteiger partial charge in [0.2, 0.25) is 0 Å². The summed E-state index contributed by atoms with van der Waals surface area (Å²) >= 11 is 0. The van der Waals surface area contributed by atoms with Gasteiger partial charge < -0.3 is 31.7 Å². The van der Waals surface area contributed by atoms with Crippen molar-refractivity contribution in [2.24, 2.45) is 5.73 Å². The van der Waals surface area contributed by atoms with Gasteiger partial charge in [-0.05, 0) is 32.2 Å². The zero-order chi connectivity index (χ0) is 19.1. The lowest BCUT2D eigenvalue weighted by atomic mass is 10.1. The number of carbonyl (C=O) groups is 4. The second-order valence-electron chi connectivity index (χ2n) is 4.62. The molecule has 0 spiro atoms. The Hall–Kier alpha value is -2.36. The van der Waals surface area contributed by atoms with Crippen molar-refractivity contribution in [1.82, 2.24) is 10.6 Å². The normalized spacial score (nSPS) is 12.1. The molecule has 0 rings (SSSR count). The lowest BCUT2D eigenvalue weighted by Gasteiger charge is -2.18. The van der Waals surface area contributed by atoms with Crippen LogP contribution in [0.1, 0.15) is 46.0 Å². The lowest BCUT2D eigenvalue weighted by Crippen LogP contribution is -2.51. The minimum atomic E-state index is -1.41. The first-order valence-electron chi connectivity index (χ1n) is 7.72. The summed E-state index contributed by atoms with van der Waals surface area (Å²) in [5.74, 6) is -3.84. The van der Waals surface area contributed by atoms with Gasteiger partial charge in [-0.25, -0.2) is 14.4 Å². The third-order valence-electron chi connectivity index (χ3n) is 2.80. The Kier molecular flexibility index (Phi) is 14.2. The maximum absolute atomic E-state index is 11.6. The van der Waals surface area contributed by atoms with Gasteiger partial charge in [-0.2, -0.15) is 0 Å². The van der Waals surface area contributed by atoms with Crippen LogP contribution in [-0.2, 0) is 14.4 Å². The van der Waals surface area contributed by atoms with E-state index in [1.165, 1.54) is 0 Å². The van der Waals surface area contributed by atoms with Crippen molar-refractivity contribution < 1.29 is 34.5 Å². The topological polar surface area (TPSA) is 179 Å². The molecule has 0 aromatic rings. The van der Waals surface area contributed by atoms with E-state index in [9.17, 15) is 19.2 Å². The fraction of sp³-hybridized carbons (Fsp3) is 0.714. The van der Waals surface area contributed by atoms with E-state index in [4.69, 9.17) is 21.1 Å². The van der Waals surface area contributed by atoms with Crippen molar-refractivity contribution in [2.75, 3.05) is 6.54 Å². The second kappa shape index (κ2) is 14.2. The van der Waals surface area contributed by atoms with Crippen LogP contribution in [-0.4, -0.2) is 57.9 Å². The standard InChI is InChI=1S/C12H21N3O7.C2H6/c13-6-2-1-3-7(10(18)19)14-12(22)15-8(11(20)21)4-5-9(16)17;1-2/h7-8H,1-6,13H2,(H,16,17)(H,18,19)(H,20,21)(H2,14,15,22);1-2H3. The molecule has 0 radical (unpaired) electrons. The van der Waals surface area contributed by atoms with Gasteiger partial charge in [0.25, 0.3) is 0 Å². The number of amides is 2. The number of urea groups is 1. The molecule has 2 unspecified atom stereocenters. The van der Waals surface area contributed by atoms with E-state index >= 15 is 0 Å². The van der Waals surface area contributed by atoms with Crippen LogP contribution < -0.4 is 16.4 Å². The molecule has 0 aliphatic rings. The molecule has 0 aromatic heterocycles. The van der Waals surface area contributed by atoms with E-state index in [0.29, 0.717) is 19.4 Å². The molecule has 0 aliphatic heterocycles. The van der Waals surface area contributed by atoms with Gasteiger partial charge in [-0.15, -0.1) is 0 Å². The quantitative estimate of drug-likeness (QED) is 0.286. The SMILES string of the molecule is CC.NCCCCC(NC(=O)NC(CCC(=O)O)C(=O)O)C(=O)O. The Morgan fingerprint density at radius 1 is 0.875 bits per heavy atom. The summed E-state index contributed by atoms with van der Waals surface area (Å²) in [7, 11) is 0. The molecule has 0 fully saturated rings. The molecule has 10 nitrogen and oxygen atoms in total. The Morgan fingerprint density at radius 2 is 1.33 bits per heavy atom. The van der Waals surface area contributed by atoms with Crippen molar-refractivity contribution in [3.63, 3.8) is 0 Å². The van der Waals surface area contributed by atoms with E-state index in [2.05, 4.69) is 5.32 Å². The van der Waals surface area contributed by atoms with Crippen LogP contribution in [0, 0.1) is 0 Å². The zero-order valence-electron chi connectivity index (χ0n) is 13.9. The van der Waals surface area contributed by atoms with Crippen molar-refractivity contribution in [3.8, 4) is 0 Å². The van der Waals surface area contributed by atoms with Crippen molar-refractivity contribution in [2.45, 2.75) is 58.0 Å². The molecular weight excluding hydrogens is 322 g/mol. The number of carbonyl (C=O) groups excluding carboxylic acids is 1. The molecule has 0 saturated heterocycles. The van der Waals surface area contributed by atoms with E-state index in [1.54, 1.807) is 0 Å². The number of nitrogens with one attached hydrogen (secondary N) is 2. The van der Waals surface area contributed by atoms with Crippen molar-refractivity contribution >= 4 is 23.9 Å². The Balaban J connectivity index is 0. The predicted octanol–water partition coefficient (Wildman–Crippen LogP) is 0.212. The molecule has 140 valence electrons. The summed E-state index contributed by atoms with van der Waals surface area (Å²) in [6.07, 6.45) is 0.518. The summed E-state index contributed by atoms with van der Waals surface area (Å²) < 4.78 is 0. The zero-order valence-corrected chi connectivity index (χ0v) is 13.9.